The topological polar surface area (TPSA) is 78.9 Å². The fourth-order valence-corrected chi connectivity index (χ4v) is 9.81. The zero-order valence-electron chi connectivity index (χ0n) is 54.0. The van der Waals surface area contributed by atoms with Crippen LogP contribution in [0.2, 0.25) is 0 Å². The normalized spacial score (nSPS) is 12.8. The zero-order valence-corrected chi connectivity index (χ0v) is 54.0. The van der Waals surface area contributed by atoms with Crippen LogP contribution in [0.15, 0.2) is 109 Å². The number of allylic oxidation sites excluding steroid dienone is 18. The highest BCUT2D eigenvalue weighted by atomic mass is 16.6. The summed E-state index contributed by atoms with van der Waals surface area (Å²) in [5, 5.41) is 0. The van der Waals surface area contributed by atoms with Crippen LogP contribution in [0.25, 0.3) is 0 Å². The molecule has 6 nitrogen and oxygen atoms in total. The number of hydrogen-bond acceptors (Lipinski definition) is 6. The van der Waals surface area contributed by atoms with Gasteiger partial charge < -0.3 is 14.2 Å². The Labute approximate surface area is 508 Å². The van der Waals surface area contributed by atoms with Crippen LogP contribution in [0.1, 0.15) is 335 Å². The molecule has 0 heterocycles. The largest absolute Gasteiger partial charge is 0.462 e. The van der Waals surface area contributed by atoms with Crippen molar-refractivity contribution in [1.29, 1.82) is 0 Å². The van der Waals surface area contributed by atoms with Crippen LogP contribution in [0.5, 0.6) is 0 Å². The van der Waals surface area contributed by atoms with Crippen molar-refractivity contribution in [2.24, 2.45) is 0 Å². The second-order valence-corrected chi connectivity index (χ2v) is 23.1. The Hall–Kier alpha value is -3.93. The quantitative estimate of drug-likeness (QED) is 0.0261. The number of esters is 3. The molecule has 6 heteroatoms. The summed E-state index contributed by atoms with van der Waals surface area (Å²) in [4.78, 5) is 38.2. The van der Waals surface area contributed by atoms with Crippen LogP contribution in [0.4, 0.5) is 0 Å². The maximum atomic E-state index is 12.9. The van der Waals surface area contributed by atoms with Gasteiger partial charge in [-0.25, -0.2) is 0 Å². The number of ether oxygens (including phenoxy) is 3. The predicted octanol–water partition coefficient (Wildman–Crippen LogP) is 24.2. The van der Waals surface area contributed by atoms with E-state index in [1.807, 2.05) is 0 Å². The molecule has 0 amide bonds. The predicted molar refractivity (Wildman–Crippen MR) is 357 cm³/mol. The molecule has 0 aliphatic heterocycles. The number of carbonyl (C=O) groups is 3. The van der Waals surface area contributed by atoms with Gasteiger partial charge in [0.2, 0.25) is 0 Å². The van der Waals surface area contributed by atoms with Gasteiger partial charge in [0.1, 0.15) is 13.2 Å². The standard InChI is InChI=1S/C76H130O6/c1-4-7-10-13-16-19-21-23-25-27-29-31-33-34-35-36-37-38-39-40-41-42-44-45-47-49-51-53-55-57-60-63-66-69-75(78)81-72-73(71-80-74(77)68-65-62-59-18-15-12-9-6-3)82-76(79)70-67-64-61-58-56-54-52-50-48-46-43-32-30-28-26-24-22-20-17-14-11-8-5-2/h8,11,17,20-21,23-24,26-27,29-30,32-34,46,48,52,54,73H,4-7,9-10,12-16,18-19,22,25,28,31,35-45,47,49-51,53,55-72H2,1-3H3/b11-8-,20-17-,23-21-,26-24-,29-27-,32-30-,34-33-,48-46-,54-52-. The van der Waals surface area contributed by atoms with Gasteiger partial charge in [-0.3, -0.25) is 14.4 Å². The molecule has 0 aromatic carbocycles. The van der Waals surface area contributed by atoms with E-state index in [0.717, 1.165) is 122 Å². The molecule has 1 atom stereocenters. The summed E-state index contributed by atoms with van der Waals surface area (Å²) < 4.78 is 16.9. The summed E-state index contributed by atoms with van der Waals surface area (Å²) in [6, 6.07) is 0. The minimum Gasteiger partial charge on any atom is -0.462 e. The molecule has 0 aromatic rings. The average Bonchev–Trinajstić information content (AvgIpc) is 3.47. The first-order valence-electron chi connectivity index (χ1n) is 34.9. The average molecular weight is 1140 g/mol. The van der Waals surface area contributed by atoms with Gasteiger partial charge in [0.25, 0.3) is 0 Å². The molecule has 0 aromatic heterocycles. The number of hydrogen-bond donors (Lipinski definition) is 0. The van der Waals surface area contributed by atoms with Crippen LogP contribution in [0, 0.1) is 0 Å². The fourth-order valence-electron chi connectivity index (χ4n) is 9.81. The second kappa shape index (κ2) is 69.6. The van der Waals surface area contributed by atoms with Crippen molar-refractivity contribution in [2.75, 3.05) is 13.2 Å². The van der Waals surface area contributed by atoms with Crippen molar-refractivity contribution in [1.82, 2.24) is 0 Å². The highest BCUT2D eigenvalue weighted by Crippen LogP contribution is 2.17. The molecule has 0 N–H and O–H groups in total. The first-order chi connectivity index (χ1) is 40.5. The molecule has 0 aliphatic carbocycles. The molecular formula is C76H130O6. The highest BCUT2D eigenvalue weighted by Gasteiger charge is 2.19. The Balaban J connectivity index is 4.12. The van der Waals surface area contributed by atoms with E-state index in [-0.39, 0.29) is 31.1 Å². The Kier molecular flexibility index (Phi) is 66.2. The molecule has 82 heavy (non-hydrogen) atoms. The molecule has 0 saturated carbocycles. The third kappa shape index (κ3) is 66.9. The molecule has 0 rings (SSSR count). The Morgan fingerprint density at radius 1 is 0.256 bits per heavy atom. The van der Waals surface area contributed by atoms with E-state index in [0.29, 0.717) is 19.3 Å². The van der Waals surface area contributed by atoms with Crippen LogP contribution in [-0.2, 0) is 28.6 Å². The molecular weight excluding hydrogens is 1010 g/mol. The molecule has 0 saturated heterocycles. The summed E-state index contributed by atoms with van der Waals surface area (Å²) in [6.07, 6.45) is 95.7. The molecule has 0 bridgehead atoms. The highest BCUT2D eigenvalue weighted by molar-refractivity contribution is 5.71. The van der Waals surface area contributed by atoms with Gasteiger partial charge in [0, 0.05) is 19.3 Å². The maximum Gasteiger partial charge on any atom is 0.306 e. The van der Waals surface area contributed by atoms with Gasteiger partial charge >= 0.3 is 17.9 Å². The molecule has 0 radical (unpaired) electrons. The van der Waals surface area contributed by atoms with Gasteiger partial charge in [-0.05, 0) is 109 Å². The Bertz CT molecular complexity index is 1640. The fraction of sp³-hybridized carbons (Fsp3) is 0.724. The lowest BCUT2D eigenvalue weighted by molar-refractivity contribution is -0.167. The van der Waals surface area contributed by atoms with Crippen LogP contribution < -0.4 is 0 Å². The lowest BCUT2D eigenvalue weighted by atomic mass is 10.0. The number of unbranched alkanes of at least 4 members (excludes halogenated alkanes) is 34. The minimum absolute atomic E-state index is 0.0862. The van der Waals surface area contributed by atoms with Crippen molar-refractivity contribution >= 4 is 17.9 Å². The van der Waals surface area contributed by atoms with Gasteiger partial charge in [0.15, 0.2) is 6.10 Å². The zero-order chi connectivity index (χ0) is 59.2. The minimum atomic E-state index is -0.791. The molecule has 0 fully saturated rings. The SMILES string of the molecule is CC/C=C\C/C=C\C/C=C\C/C=C\C/C=C\C/C=C\CCCCCCC(=O)OC(COC(=O)CCCCCCCCCC)COC(=O)CCCCCCCCCCCCCCCCCCCC/C=C\C/C=C\C/C=C\CCCCCCC. The van der Waals surface area contributed by atoms with Crippen LogP contribution >= 0.6 is 0 Å². The Morgan fingerprint density at radius 3 is 0.744 bits per heavy atom. The van der Waals surface area contributed by atoms with E-state index in [9.17, 15) is 14.4 Å². The first-order valence-corrected chi connectivity index (χ1v) is 34.9. The van der Waals surface area contributed by atoms with Crippen molar-refractivity contribution in [3.63, 3.8) is 0 Å². The molecule has 470 valence electrons. The monoisotopic (exact) mass is 1140 g/mol. The second-order valence-electron chi connectivity index (χ2n) is 23.1. The van der Waals surface area contributed by atoms with E-state index in [1.54, 1.807) is 0 Å². The van der Waals surface area contributed by atoms with Gasteiger partial charge in [-0.15, -0.1) is 0 Å². The van der Waals surface area contributed by atoms with Crippen molar-refractivity contribution in [3.05, 3.63) is 109 Å². The van der Waals surface area contributed by atoms with E-state index in [2.05, 4.69) is 130 Å². The first kappa shape index (κ1) is 78.1. The molecule has 1 unspecified atom stereocenters. The third-order valence-electron chi connectivity index (χ3n) is 15.0. The van der Waals surface area contributed by atoms with E-state index in [1.165, 1.54) is 173 Å². The summed E-state index contributed by atoms with van der Waals surface area (Å²) in [5.74, 6) is -0.905. The van der Waals surface area contributed by atoms with Crippen LogP contribution in [0.3, 0.4) is 0 Å². The molecule has 0 spiro atoms. The lowest BCUT2D eigenvalue weighted by Crippen LogP contribution is -2.30. The summed E-state index contributed by atoms with van der Waals surface area (Å²) in [6.45, 7) is 6.49. The van der Waals surface area contributed by atoms with Crippen molar-refractivity contribution in [3.8, 4) is 0 Å². The third-order valence-corrected chi connectivity index (χ3v) is 15.0. The van der Waals surface area contributed by atoms with Crippen LogP contribution in [-0.4, -0.2) is 37.2 Å². The van der Waals surface area contributed by atoms with E-state index < -0.39 is 6.10 Å². The van der Waals surface area contributed by atoms with Crippen molar-refractivity contribution < 1.29 is 28.6 Å². The molecule has 0 aliphatic rings. The van der Waals surface area contributed by atoms with Crippen molar-refractivity contribution in [2.45, 2.75) is 341 Å². The van der Waals surface area contributed by atoms with E-state index in [4.69, 9.17) is 14.2 Å². The van der Waals surface area contributed by atoms with E-state index >= 15 is 0 Å². The Morgan fingerprint density at radius 2 is 0.476 bits per heavy atom. The van der Waals surface area contributed by atoms with Gasteiger partial charge in [0.05, 0.1) is 0 Å². The lowest BCUT2D eigenvalue weighted by Gasteiger charge is -2.18. The summed E-state index contributed by atoms with van der Waals surface area (Å²) in [7, 11) is 0. The maximum absolute atomic E-state index is 12.9. The summed E-state index contributed by atoms with van der Waals surface area (Å²) in [5.41, 5.74) is 0. The number of carbonyl (C=O) groups excluding carboxylic acids is 3. The number of rotatable bonds is 63. The van der Waals surface area contributed by atoms with Gasteiger partial charge in [-0.2, -0.15) is 0 Å². The van der Waals surface area contributed by atoms with Gasteiger partial charge in [-0.1, -0.05) is 316 Å². The summed E-state index contributed by atoms with van der Waals surface area (Å²) >= 11 is 0. The smallest absolute Gasteiger partial charge is 0.306 e.